The lowest BCUT2D eigenvalue weighted by atomic mass is 9.83. The van der Waals surface area contributed by atoms with Crippen LogP contribution in [0.4, 0.5) is 26.3 Å². The van der Waals surface area contributed by atoms with Crippen LogP contribution in [-0.2, 0) is 11.0 Å². The van der Waals surface area contributed by atoms with Crippen LogP contribution in [-0.4, -0.2) is 35.2 Å². The summed E-state index contributed by atoms with van der Waals surface area (Å²) in [6.45, 7) is 8.14. The maximum absolute atomic E-state index is 13.7. The van der Waals surface area contributed by atoms with E-state index in [0.717, 1.165) is 12.1 Å². The molecule has 0 aromatic heterocycles. The number of halogens is 6. The number of carbonyl (C=O) groups is 1. The van der Waals surface area contributed by atoms with E-state index in [0.29, 0.717) is 41.6 Å². The Morgan fingerprint density at radius 3 is 2.08 bits per heavy atom. The van der Waals surface area contributed by atoms with E-state index >= 15 is 0 Å². The fraction of sp³-hybridized carbons (Fsp3) is 0.567. The molecular formula is C30H37F6NO2. The second-order valence-electron chi connectivity index (χ2n) is 11.5. The van der Waals surface area contributed by atoms with Gasteiger partial charge in [0.25, 0.3) is 0 Å². The SMILES string of the molecule is CC(C)CCN1CC(C(F)(F)F)CCC1c1cc(-c2ccc(C(F)(F)F)cc2)cc(C(CC(C)C)C(=O)O)c1. The number of rotatable bonds is 9. The summed E-state index contributed by atoms with van der Waals surface area (Å²) >= 11 is 0. The van der Waals surface area contributed by atoms with Gasteiger partial charge in [0, 0.05) is 12.6 Å². The van der Waals surface area contributed by atoms with Crippen LogP contribution in [0.25, 0.3) is 11.1 Å². The highest BCUT2D eigenvalue weighted by Crippen LogP contribution is 2.42. The van der Waals surface area contributed by atoms with Crippen molar-refractivity contribution in [1.29, 1.82) is 0 Å². The topological polar surface area (TPSA) is 40.5 Å². The number of aliphatic carboxylic acids is 1. The first-order valence-electron chi connectivity index (χ1n) is 13.4. The van der Waals surface area contributed by atoms with Crippen molar-refractivity contribution in [3.8, 4) is 11.1 Å². The van der Waals surface area contributed by atoms with E-state index in [1.165, 1.54) is 12.1 Å². The van der Waals surface area contributed by atoms with E-state index in [4.69, 9.17) is 0 Å². The molecule has 1 aliphatic heterocycles. The van der Waals surface area contributed by atoms with Crippen LogP contribution in [0.15, 0.2) is 42.5 Å². The molecule has 1 N–H and O–H groups in total. The highest BCUT2D eigenvalue weighted by atomic mass is 19.4. The number of nitrogens with zero attached hydrogens (tertiary/aromatic N) is 1. The summed E-state index contributed by atoms with van der Waals surface area (Å²) in [7, 11) is 0. The van der Waals surface area contributed by atoms with Crippen molar-refractivity contribution in [3.63, 3.8) is 0 Å². The number of hydrogen-bond donors (Lipinski definition) is 1. The summed E-state index contributed by atoms with van der Waals surface area (Å²) in [6.07, 6.45) is -7.54. The third kappa shape index (κ3) is 8.22. The molecular weight excluding hydrogens is 520 g/mol. The molecule has 3 rings (SSSR count). The molecule has 2 aromatic carbocycles. The Kier molecular flexibility index (Phi) is 9.78. The molecule has 9 heteroatoms. The summed E-state index contributed by atoms with van der Waals surface area (Å²) in [6, 6.07) is 9.55. The van der Waals surface area contributed by atoms with Gasteiger partial charge in [0.05, 0.1) is 17.4 Å². The van der Waals surface area contributed by atoms with Crippen LogP contribution in [0.1, 0.15) is 82.0 Å². The summed E-state index contributed by atoms with van der Waals surface area (Å²) in [5.74, 6) is -2.96. The van der Waals surface area contributed by atoms with E-state index in [1.54, 1.807) is 18.2 Å². The predicted octanol–water partition coefficient (Wildman–Crippen LogP) is 8.95. The van der Waals surface area contributed by atoms with E-state index < -0.39 is 35.7 Å². The molecule has 0 aliphatic carbocycles. The first kappa shape index (κ1) is 31.0. The zero-order valence-electron chi connectivity index (χ0n) is 22.7. The number of alkyl halides is 6. The largest absolute Gasteiger partial charge is 0.481 e. The maximum Gasteiger partial charge on any atom is 0.416 e. The van der Waals surface area contributed by atoms with Crippen molar-refractivity contribution >= 4 is 5.97 Å². The Hall–Kier alpha value is -2.55. The molecule has 0 saturated carbocycles. The van der Waals surface area contributed by atoms with Crippen LogP contribution >= 0.6 is 0 Å². The minimum absolute atomic E-state index is 0.0411. The number of piperidine rings is 1. The van der Waals surface area contributed by atoms with Gasteiger partial charge < -0.3 is 5.11 Å². The molecule has 1 aliphatic rings. The Balaban J connectivity index is 2.11. The third-order valence-electron chi connectivity index (χ3n) is 7.46. The highest BCUT2D eigenvalue weighted by molar-refractivity contribution is 5.77. The quantitative estimate of drug-likeness (QED) is 0.313. The molecule has 0 bridgehead atoms. The maximum atomic E-state index is 13.7. The van der Waals surface area contributed by atoms with E-state index in [1.807, 2.05) is 32.6 Å². The average molecular weight is 558 g/mol. The molecule has 3 nitrogen and oxygen atoms in total. The molecule has 216 valence electrons. The average Bonchev–Trinajstić information content (AvgIpc) is 2.84. The lowest BCUT2D eigenvalue weighted by Gasteiger charge is -2.41. The molecule has 1 heterocycles. The van der Waals surface area contributed by atoms with Crippen molar-refractivity contribution in [2.45, 2.75) is 77.7 Å². The van der Waals surface area contributed by atoms with Gasteiger partial charge >= 0.3 is 18.3 Å². The van der Waals surface area contributed by atoms with Gasteiger partial charge in [-0.25, -0.2) is 0 Å². The molecule has 2 aromatic rings. The Bertz CT molecular complexity index is 1110. The fourth-order valence-corrected chi connectivity index (χ4v) is 5.30. The zero-order valence-corrected chi connectivity index (χ0v) is 22.7. The minimum Gasteiger partial charge on any atom is -0.481 e. The van der Waals surface area contributed by atoms with Crippen molar-refractivity contribution in [2.75, 3.05) is 13.1 Å². The number of likely N-dealkylation sites (tertiary alicyclic amines) is 1. The zero-order chi connectivity index (χ0) is 29.1. The molecule has 3 unspecified atom stereocenters. The van der Waals surface area contributed by atoms with E-state index in [9.17, 15) is 36.2 Å². The van der Waals surface area contributed by atoms with Crippen LogP contribution in [0.2, 0.25) is 0 Å². The standard InChI is InChI=1S/C30H37F6NO2/c1-18(2)11-12-37-17-25(30(34,35)36)9-10-27(37)23-15-21(20-5-7-24(8-6-20)29(31,32)33)14-22(16-23)26(28(38)39)13-19(3)4/h5-8,14-16,18-19,25-27H,9-13,17H2,1-4H3,(H,38,39). The lowest BCUT2D eigenvalue weighted by molar-refractivity contribution is -0.190. The number of carboxylic acids is 1. The number of carboxylic acid groups (broad SMARTS) is 1. The summed E-state index contributed by atoms with van der Waals surface area (Å²) < 4.78 is 80.4. The second kappa shape index (κ2) is 12.3. The first-order valence-corrected chi connectivity index (χ1v) is 13.4. The van der Waals surface area contributed by atoms with E-state index in [2.05, 4.69) is 0 Å². The van der Waals surface area contributed by atoms with E-state index in [-0.39, 0.29) is 37.3 Å². The van der Waals surface area contributed by atoms with Crippen LogP contribution in [0, 0.1) is 17.8 Å². The van der Waals surface area contributed by atoms with Crippen molar-refractivity contribution in [1.82, 2.24) is 4.90 Å². The molecule has 3 atom stereocenters. The van der Waals surface area contributed by atoms with Crippen LogP contribution in [0.5, 0.6) is 0 Å². The van der Waals surface area contributed by atoms with Crippen LogP contribution < -0.4 is 0 Å². The fourth-order valence-electron chi connectivity index (χ4n) is 5.30. The van der Waals surface area contributed by atoms with Gasteiger partial charge in [-0.15, -0.1) is 0 Å². The Morgan fingerprint density at radius 1 is 0.923 bits per heavy atom. The van der Waals surface area contributed by atoms with Crippen molar-refractivity contribution in [2.24, 2.45) is 17.8 Å². The Labute approximate surface area is 226 Å². The van der Waals surface area contributed by atoms with Gasteiger partial charge in [-0.05, 0) is 84.5 Å². The van der Waals surface area contributed by atoms with Gasteiger partial charge in [-0.2, -0.15) is 26.3 Å². The number of benzene rings is 2. The molecule has 0 amide bonds. The molecule has 1 saturated heterocycles. The second-order valence-corrected chi connectivity index (χ2v) is 11.5. The Morgan fingerprint density at radius 2 is 1.56 bits per heavy atom. The van der Waals surface area contributed by atoms with Gasteiger partial charge in [-0.1, -0.05) is 52.0 Å². The number of hydrogen-bond acceptors (Lipinski definition) is 2. The van der Waals surface area contributed by atoms with Gasteiger partial charge in [0.15, 0.2) is 0 Å². The normalized spacial score (nSPS) is 20.0. The monoisotopic (exact) mass is 557 g/mol. The third-order valence-corrected chi connectivity index (χ3v) is 7.46. The van der Waals surface area contributed by atoms with Crippen molar-refractivity contribution < 1.29 is 36.2 Å². The van der Waals surface area contributed by atoms with Gasteiger partial charge in [-0.3, -0.25) is 9.69 Å². The lowest BCUT2D eigenvalue weighted by Crippen LogP contribution is -2.44. The van der Waals surface area contributed by atoms with Crippen molar-refractivity contribution in [3.05, 3.63) is 59.2 Å². The highest BCUT2D eigenvalue weighted by Gasteiger charge is 2.44. The summed E-state index contributed by atoms with van der Waals surface area (Å²) in [5, 5.41) is 10.0. The smallest absolute Gasteiger partial charge is 0.416 e. The molecule has 0 radical (unpaired) electrons. The molecule has 0 spiro atoms. The summed E-state index contributed by atoms with van der Waals surface area (Å²) in [5.41, 5.74) is 1.44. The van der Waals surface area contributed by atoms with Gasteiger partial charge in [0.2, 0.25) is 0 Å². The molecule has 1 fully saturated rings. The van der Waals surface area contributed by atoms with Gasteiger partial charge in [0.1, 0.15) is 0 Å². The minimum atomic E-state index is -4.49. The predicted molar refractivity (Wildman–Crippen MR) is 139 cm³/mol. The van der Waals surface area contributed by atoms with Crippen LogP contribution in [0.3, 0.4) is 0 Å². The first-order chi connectivity index (χ1) is 18.1. The summed E-state index contributed by atoms with van der Waals surface area (Å²) in [4.78, 5) is 14.1. The molecule has 39 heavy (non-hydrogen) atoms.